The highest BCUT2D eigenvalue weighted by Gasteiger charge is 2.27. The fourth-order valence-corrected chi connectivity index (χ4v) is 2.27. The Morgan fingerprint density at radius 3 is 2.64 bits per heavy atom. The first kappa shape index (κ1) is 14.0. The van der Waals surface area contributed by atoms with Crippen LogP contribution < -0.4 is 14.2 Å². The number of methoxy groups -OCH3 is 2. The van der Waals surface area contributed by atoms with Crippen LogP contribution in [-0.2, 0) is 0 Å². The lowest BCUT2D eigenvalue weighted by Gasteiger charge is -2.07. The maximum absolute atomic E-state index is 12.3. The molecule has 0 unspecified atom stereocenters. The fraction of sp³-hybridized carbons (Fsp3) is 0.118. The summed E-state index contributed by atoms with van der Waals surface area (Å²) in [7, 11) is 3.11. The van der Waals surface area contributed by atoms with E-state index in [1.165, 1.54) is 18.2 Å². The third-order valence-corrected chi connectivity index (χ3v) is 3.38. The van der Waals surface area contributed by atoms with E-state index >= 15 is 0 Å². The molecule has 0 amide bonds. The lowest BCUT2D eigenvalue weighted by atomic mass is 10.1. The van der Waals surface area contributed by atoms with E-state index < -0.39 is 0 Å². The van der Waals surface area contributed by atoms with Crippen molar-refractivity contribution in [1.82, 2.24) is 0 Å². The van der Waals surface area contributed by atoms with Crippen LogP contribution in [-0.4, -0.2) is 25.1 Å². The van der Waals surface area contributed by atoms with Gasteiger partial charge in [-0.3, -0.25) is 4.79 Å². The van der Waals surface area contributed by atoms with Crippen LogP contribution in [0.4, 0.5) is 0 Å². The van der Waals surface area contributed by atoms with Gasteiger partial charge in [-0.2, -0.15) is 0 Å². The number of carbonyl (C=O) groups excluding carboxylic acids is 1. The van der Waals surface area contributed by atoms with Crippen molar-refractivity contribution in [1.29, 1.82) is 0 Å². The van der Waals surface area contributed by atoms with Crippen LogP contribution in [0, 0.1) is 0 Å². The lowest BCUT2D eigenvalue weighted by Crippen LogP contribution is -1.99. The number of carbonyl (C=O) groups is 1. The number of benzene rings is 2. The first-order valence-electron chi connectivity index (χ1n) is 6.61. The van der Waals surface area contributed by atoms with Gasteiger partial charge in [0, 0.05) is 11.6 Å². The van der Waals surface area contributed by atoms with Gasteiger partial charge in [0.15, 0.2) is 5.76 Å². The van der Waals surface area contributed by atoms with Crippen LogP contribution in [0.2, 0.25) is 0 Å². The van der Waals surface area contributed by atoms with Crippen molar-refractivity contribution in [2.24, 2.45) is 0 Å². The predicted molar refractivity (Wildman–Crippen MR) is 80.6 cm³/mol. The van der Waals surface area contributed by atoms with Gasteiger partial charge in [0.1, 0.15) is 23.0 Å². The van der Waals surface area contributed by atoms with E-state index in [0.29, 0.717) is 28.4 Å². The van der Waals surface area contributed by atoms with Crippen LogP contribution in [0.15, 0.2) is 42.2 Å². The molecular formula is C17H14O5. The summed E-state index contributed by atoms with van der Waals surface area (Å²) < 4.78 is 16.0. The monoisotopic (exact) mass is 298 g/mol. The van der Waals surface area contributed by atoms with Gasteiger partial charge in [-0.15, -0.1) is 0 Å². The molecule has 0 aromatic heterocycles. The molecule has 2 aromatic rings. The Balaban J connectivity index is 2.02. The van der Waals surface area contributed by atoms with E-state index in [0.717, 1.165) is 0 Å². The second kappa shape index (κ2) is 5.44. The minimum atomic E-state index is -0.236. The standard InChI is InChI=1S/C17H14O5/c1-20-12-4-6-14(21-2)10(7-12)8-16-17(19)13-5-3-11(18)9-15(13)22-16/h3-9,18H,1-2H3. The summed E-state index contributed by atoms with van der Waals surface area (Å²) in [5.74, 6) is 1.58. The molecule has 0 saturated carbocycles. The van der Waals surface area contributed by atoms with E-state index in [-0.39, 0.29) is 17.3 Å². The number of rotatable bonds is 3. The Morgan fingerprint density at radius 1 is 1.09 bits per heavy atom. The molecule has 5 heteroatoms. The fourth-order valence-electron chi connectivity index (χ4n) is 2.27. The van der Waals surface area contributed by atoms with Crippen molar-refractivity contribution in [2.45, 2.75) is 0 Å². The van der Waals surface area contributed by atoms with Gasteiger partial charge in [-0.1, -0.05) is 0 Å². The Hall–Kier alpha value is -2.95. The number of ketones is 1. The summed E-state index contributed by atoms with van der Waals surface area (Å²) in [6, 6.07) is 9.68. The highest BCUT2D eigenvalue weighted by molar-refractivity contribution is 6.14. The number of hydrogen-bond donors (Lipinski definition) is 1. The molecule has 112 valence electrons. The number of allylic oxidation sites excluding steroid dienone is 1. The molecule has 0 fully saturated rings. The molecule has 0 bridgehead atoms. The maximum Gasteiger partial charge on any atom is 0.231 e. The maximum atomic E-state index is 12.3. The molecule has 0 saturated heterocycles. The first-order chi connectivity index (χ1) is 10.6. The van der Waals surface area contributed by atoms with Gasteiger partial charge in [0.05, 0.1) is 19.8 Å². The highest BCUT2D eigenvalue weighted by atomic mass is 16.5. The van der Waals surface area contributed by atoms with Gasteiger partial charge in [0.25, 0.3) is 0 Å². The van der Waals surface area contributed by atoms with E-state index in [2.05, 4.69) is 0 Å². The van der Waals surface area contributed by atoms with Gasteiger partial charge < -0.3 is 19.3 Å². The molecule has 0 radical (unpaired) electrons. The Kier molecular flexibility index (Phi) is 3.47. The van der Waals surface area contributed by atoms with Gasteiger partial charge in [-0.05, 0) is 36.4 Å². The summed E-state index contributed by atoms with van der Waals surface area (Å²) in [6.45, 7) is 0. The quantitative estimate of drug-likeness (QED) is 0.882. The second-order valence-electron chi connectivity index (χ2n) is 4.73. The number of phenolic OH excluding ortho intramolecular Hbond substituents is 1. The Morgan fingerprint density at radius 2 is 1.91 bits per heavy atom. The SMILES string of the molecule is COc1ccc(OC)c(C=C2Oc3cc(O)ccc3C2=O)c1. The molecular weight excluding hydrogens is 284 g/mol. The average Bonchev–Trinajstić information content (AvgIpc) is 2.82. The zero-order valence-corrected chi connectivity index (χ0v) is 12.1. The van der Waals surface area contributed by atoms with Gasteiger partial charge >= 0.3 is 0 Å². The molecule has 22 heavy (non-hydrogen) atoms. The number of ether oxygens (including phenoxy) is 3. The molecule has 2 aromatic carbocycles. The number of fused-ring (bicyclic) bond motifs is 1. The van der Waals surface area contributed by atoms with E-state index in [4.69, 9.17) is 14.2 Å². The van der Waals surface area contributed by atoms with Crippen molar-refractivity contribution in [2.75, 3.05) is 14.2 Å². The molecule has 1 aliphatic heterocycles. The molecule has 3 rings (SSSR count). The largest absolute Gasteiger partial charge is 0.508 e. The third kappa shape index (κ3) is 2.37. The Labute approximate surface area is 127 Å². The van der Waals surface area contributed by atoms with Crippen LogP contribution in [0.5, 0.6) is 23.0 Å². The minimum absolute atomic E-state index is 0.0479. The molecule has 0 atom stereocenters. The third-order valence-electron chi connectivity index (χ3n) is 3.38. The van der Waals surface area contributed by atoms with Crippen LogP contribution in [0.3, 0.4) is 0 Å². The van der Waals surface area contributed by atoms with Crippen LogP contribution in [0.1, 0.15) is 15.9 Å². The molecule has 0 aliphatic carbocycles. The van der Waals surface area contributed by atoms with Crippen molar-refractivity contribution in [3.63, 3.8) is 0 Å². The van der Waals surface area contributed by atoms with Crippen molar-refractivity contribution in [3.05, 3.63) is 53.3 Å². The smallest absolute Gasteiger partial charge is 0.231 e. The molecule has 1 aliphatic rings. The van der Waals surface area contributed by atoms with Crippen LogP contribution in [0.25, 0.3) is 6.08 Å². The summed E-state index contributed by atoms with van der Waals surface area (Å²) >= 11 is 0. The zero-order valence-electron chi connectivity index (χ0n) is 12.1. The first-order valence-corrected chi connectivity index (χ1v) is 6.61. The van der Waals surface area contributed by atoms with Gasteiger partial charge in [-0.25, -0.2) is 0 Å². The molecule has 5 nitrogen and oxygen atoms in total. The van der Waals surface area contributed by atoms with Crippen molar-refractivity contribution < 1.29 is 24.1 Å². The van der Waals surface area contributed by atoms with E-state index in [9.17, 15) is 9.90 Å². The van der Waals surface area contributed by atoms with Crippen molar-refractivity contribution >= 4 is 11.9 Å². The van der Waals surface area contributed by atoms with Crippen molar-refractivity contribution in [3.8, 4) is 23.0 Å². The summed E-state index contributed by atoms with van der Waals surface area (Å²) in [5.41, 5.74) is 1.09. The number of hydrogen-bond acceptors (Lipinski definition) is 5. The lowest BCUT2D eigenvalue weighted by molar-refractivity contribution is 0.101. The number of phenols is 1. The zero-order chi connectivity index (χ0) is 15.7. The van der Waals surface area contributed by atoms with E-state index in [1.54, 1.807) is 38.5 Å². The Bertz CT molecular complexity index is 777. The number of aromatic hydroxyl groups is 1. The second-order valence-corrected chi connectivity index (χ2v) is 4.73. The van der Waals surface area contributed by atoms with Gasteiger partial charge in [0.2, 0.25) is 5.78 Å². The summed E-state index contributed by atoms with van der Waals surface area (Å²) in [5, 5.41) is 9.46. The molecule has 1 heterocycles. The highest BCUT2D eigenvalue weighted by Crippen LogP contribution is 2.35. The minimum Gasteiger partial charge on any atom is -0.508 e. The average molecular weight is 298 g/mol. The summed E-state index contributed by atoms with van der Waals surface area (Å²) in [4.78, 5) is 12.3. The predicted octanol–water partition coefficient (Wildman–Crippen LogP) is 3.03. The normalized spacial score (nSPS) is 14.6. The summed E-state index contributed by atoms with van der Waals surface area (Å²) in [6.07, 6.45) is 1.60. The van der Waals surface area contributed by atoms with E-state index in [1.807, 2.05) is 0 Å². The molecule has 0 spiro atoms. The topological polar surface area (TPSA) is 65.0 Å². The molecule has 1 N–H and O–H groups in total. The van der Waals surface area contributed by atoms with Crippen LogP contribution >= 0.6 is 0 Å². The number of Topliss-reactive ketones (excluding diaryl/α,β-unsaturated/α-hetero) is 1.